The summed E-state index contributed by atoms with van der Waals surface area (Å²) in [6, 6.07) is 12.3. The predicted octanol–water partition coefficient (Wildman–Crippen LogP) is 4.55. The van der Waals surface area contributed by atoms with Gasteiger partial charge in [-0.3, -0.25) is 14.3 Å². The minimum absolute atomic E-state index is 0.0530. The van der Waals surface area contributed by atoms with Crippen LogP contribution in [-0.2, 0) is 18.6 Å². The van der Waals surface area contributed by atoms with Gasteiger partial charge in [-0.1, -0.05) is 6.07 Å². The van der Waals surface area contributed by atoms with Gasteiger partial charge in [-0.05, 0) is 61.5 Å². The van der Waals surface area contributed by atoms with Crippen LogP contribution >= 0.6 is 11.3 Å². The summed E-state index contributed by atoms with van der Waals surface area (Å²) < 4.78 is 21.4. The Bertz CT molecular complexity index is 1330. The molecule has 0 saturated heterocycles. The molecule has 158 valence electrons. The zero-order valence-corrected chi connectivity index (χ0v) is 18.1. The van der Waals surface area contributed by atoms with E-state index >= 15 is 0 Å². The van der Waals surface area contributed by atoms with Gasteiger partial charge < -0.3 is 10.1 Å². The maximum Gasteiger partial charge on any atom is 0.258 e. The van der Waals surface area contributed by atoms with Gasteiger partial charge in [0.25, 0.3) is 5.56 Å². The summed E-state index contributed by atoms with van der Waals surface area (Å²) in [6.45, 7) is 5.58. The highest BCUT2D eigenvalue weighted by Gasteiger charge is 2.30. The zero-order chi connectivity index (χ0) is 21.6. The third kappa shape index (κ3) is 3.75. The van der Waals surface area contributed by atoms with Crippen molar-refractivity contribution in [3.63, 3.8) is 0 Å². The molecule has 0 aliphatic carbocycles. The van der Waals surface area contributed by atoms with Crippen LogP contribution in [0, 0.1) is 5.82 Å². The quantitative estimate of drug-likeness (QED) is 0.511. The molecule has 1 aliphatic heterocycles. The van der Waals surface area contributed by atoms with Crippen molar-refractivity contribution in [2.75, 3.05) is 6.54 Å². The Balaban J connectivity index is 1.42. The number of ether oxygens (including phenoxy) is 1. The summed E-state index contributed by atoms with van der Waals surface area (Å²) in [7, 11) is 0. The van der Waals surface area contributed by atoms with E-state index in [0.717, 1.165) is 24.8 Å². The molecule has 4 heterocycles. The minimum Gasteiger partial charge on any atom is -0.487 e. The molecular weight excluding hydrogens is 413 g/mol. The first-order valence-corrected chi connectivity index (χ1v) is 11.0. The van der Waals surface area contributed by atoms with E-state index in [-0.39, 0.29) is 17.7 Å². The lowest BCUT2D eigenvalue weighted by Gasteiger charge is -2.32. The van der Waals surface area contributed by atoms with Gasteiger partial charge in [-0.25, -0.2) is 4.39 Å². The van der Waals surface area contributed by atoms with Gasteiger partial charge in [0.05, 0.1) is 17.6 Å². The van der Waals surface area contributed by atoms with Crippen molar-refractivity contribution in [3.05, 3.63) is 87.2 Å². The number of hydrogen-bond donors (Lipinski definition) is 1. The van der Waals surface area contributed by atoms with E-state index in [2.05, 4.69) is 36.3 Å². The molecule has 5 rings (SSSR count). The Kier molecular flexibility index (Phi) is 4.87. The average Bonchev–Trinajstić information content (AvgIpc) is 3.12. The highest BCUT2D eigenvalue weighted by molar-refractivity contribution is 7.19. The number of nitrogens with one attached hydrogen (secondary N) is 1. The number of pyridine rings is 2. The summed E-state index contributed by atoms with van der Waals surface area (Å²) >= 11 is 1.81. The molecule has 31 heavy (non-hydrogen) atoms. The first-order valence-electron chi connectivity index (χ1n) is 10.2. The Morgan fingerprint density at radius 1 is 1.23 bits per heavy atom. The Morgan fingerprint density at radius 3 is 2.87 bits per heavy atom. The number of nitrogens with zero attached hydrogens (tertiary/aromatic N) is 2. The largest absolute Gasteiger partial charge is 0.487 e. The molecule has 0 spiro atoms. The van der Waals surface area contributed by atoms with Crippen molar-refractivity contribution >= 4 is 21.4 Å². The zero-order valence-electron chi connectivity index (χ0n) is 17.3. The van der Waals surface area contributed by atoms with Gasteiger partial charge in [0.1, 0.15) is 18.2 Å². The third-order valence-electron chi connectivity index (χ3n) is 5.64. The summed E-state index contributed by atoms with van der Waals surface area (Å²) in [4.78, 5) is 18.1. The van der Waals surface area contributed by atoms with Crippen LogP contribution in [0.2, 0.25) is 0 Å². The molecule has 0 fully saturated rings. The van der Waals surface area contributed by atoms with E-state index in [1.165, 1.54) is 32.7 Å². The number of rotatable bonds is 4. The number of benzene rings is 1. The fourth-order valence-electron chi connectivity index (χ4n) is 4.14. The maximum absolute atomic E-state index is 13.0. The molecule has 0 unspecified atom stereocenters. The van der Waals surface area contributed by atoms with Crippen molar-refractivity contribution in [1.29, 1.82) is 0 Å². The lowest BCUT2D eigenvalue weighted by atomic mass is 9.88. The average molecular weight is 436 g/mol. The van der Waals surface area contributed by atoms with E-state index in [0.29, 0.717) is 11.4 Å². The Morgan fingerprint density at radius 2 is 2.10 bits per heavy atom. The lowest BCUT2D eigenvalue weighted by molar-refractivity contribution is 0.300. The predicted molar refractivity (Wildman–Crippen MR) is 121 cm³/mol. The van der Waals surface area contributed by atoms with Gasteiger partial charge in [0, 0.05) is 33.9 Å². The fourth-order valence-corrected chi connectivity index (χ4v) is 5.53. The summed E-state index contributed by atoms with van der Waals surface area (Å²) in [5.41, 5.74) is 2.56. The van der Waals surface area contributed by atoms with Gasteiger partial charge in [0.15, 0.2) is 0 Å². The highest BCUT2D eigenvalue weighted by Crippen LogP contribution is 2.41. The molecule has 0 amide bonds. The molecule has 0 bridgehead atoms. The summed E-state index contributed by atoms with van der Waals surface area (Å²) in [5, 5.41) is 4.85. The molecule has 1 aromatic carbocycles. The van der Waals surface area contributed by atoms with Crippen LogP contribution in [0.4, 0.5) is 4.39 Å². The first kappa shape index (κ1) is 19.9. The number of fused-ring (bicyclic) bond motifs is 3. The second-order valence-electron chi connectivity index (χ2n) is 8.21. The van der Waals surface area contributed by atoms with Gasteiger partial charge in [-0.15, -0.1) is 11.3 Å². The molecule has 0 saturated carbocycles. The van der Waals surface area contributed by atoms with Crippen LogP contribution in [0.1, 0.15) is 30.0 Å². The SMILES string of the molecule is CC1(C)NCCc2sc3cc(-n4ccc(OCc5ccc(F)cn5)cc4=O)ccc3c21. The summed E-state index contributed by atoms with van der Waals surface area (Å²) in [5.74, 6) is 0.0580. The van der Waals surface area contributed by atoms with E-state index in [1.54, 1.807) is 22.9 Å². The molecule has 0 atom stereocenters. The van der Waals surface area contributed by atoms with Crippen LogP contribution in [0.3, 0.4) is 0 Å². The number of hydrogen-bond acceptors (Lipinski definition) is 5. The van der Waals surface area contributed by atoms with Crippen molar-refractivity contribution in [2.45, 2.75) is 32.4 Å². The van der Waals surface area contributed by atoms with Crippen LogP contribution in [-0.4, -0.2) is 16.1 Å². The van der Waals surface area contributed by atoms with Gasteiger partial charge >= 0.3 is 0 Å². The monoisotopic (exact) mass is 435 g/mol. The van der Waals surface area contributed by atoms with Crippen molar-refractivity contribution in [3.8, 4) is 11.4 Å². The summed E-state index contributed by atoms with van der Waals surface area (Å²) in [6.07, 6.45) is 3.89. The van der Waals surface area contributed by atoms with E-state index in [9.17, 15) is 9.18 Å². The number of aromatic nitrogens is 2. The van der Waals surface area contributed by atoms with E-state index in [1.807, 2.05) is 17.4 Å². The maximum atomic E-state index is 13.0. The Labute approximate surface area is 183 Å². The molecule has 0 radical (unpaired) electrons. The first-order chi connectivity index (χ1) is 14.9. The molecule has 1 aliphatic rings. The standard InChI is InChI=1S/C24H22FN3O2S/c1-24(2)23-19-6-5-17(11-21(19)31-20(23)7-9-27-24)28-10-8-18(12-22(28)29)30-14-16-4-3-15(25)13-26-16/h3-6,8,10-13,27H,7,9,14H2,1-2H3. The molecule has 4 aromatic rings. The molecule has 7 heteroatoms. The van der Waals surface area contributed by atoms with Crippen molar-refractivity contribution < 1.29 is 9.13 Å². The van der Waals surface area contributed by atoms with Crippen molar-refractivity contribution in [2.24, 2.45) is 0 Å². The second kappa shape index (κ2) is 7.59. The smallest absolute Gasteiger partial charge is 0.258 e. The van der Waals surface area contributed by atoms with Crippen LogP contribution in [0.5, 0.6) is 5.75 Å². The third-order valence-corrected chi connectivity index (χ3v) is 6.85. The molecular formula is C24H22FN3O2S. The normalized spacial score (nSPS) is 15.1. The Hall–Kier alpha value is -3.03. The molecule has 1 N–H and O–H groups in total. The van der Waals surface area contributed by atoms with Gasteiger partial charge in [-0.2, -0.15) is 0 Å². The minimum atomic E-state index is -0.394. The number of thiophene rings is 1. The van der Waals surface area contributed by atoms with Gasteiger partial charge in [0.2, 0.25) is 0 Å². The van der Waals surface area contributed by atoms with E-state index < -0.39 is 5.82 Å². The van der Waals surface area contributed by atoms with E-state index in [4.69, 9.17) is 4.74 Å². The van der Waals surface area contributed by atoms with Crippen LogP contribution in [0.25, 0.3) is 15.8 Å². The van der Waals surface area contributed by atoms with Crippen LogP contribution < -0.4 is 15.6 Å². The number of halogens is 1. The fraction of sp³-hybridized carbons (Fsp3) is 0.250. The van der Waals surface area contributed by atoms with Crippen LogP contribution in [0.15, 0.2) is 59.7 Å². The van der Waals surface area contributed by atoms with Crippen molar-refractivity contribution in [1.82, 2.24) is 14.9 Å². The highest BCUT2D eigenvalue weighted by atomic mass is 32.1. The lowest BCUT2D eigenvalue weighted by Crippen LogP contribution is -2.41. The topological polar surface area (TPSA) is 56.1 Å². The molecule has 5 nitrogen and oxygen atoms in total. The molecule has 3 aromatic heterocycles. The second-order valence-corrected chi connectivity index (χ2v) is 9.35.